The maximum atomic E-state index is 12.8. The van der Waals surface area contributed by atoms with Crippen LogP contribution in [0.3, 0.4) is 0 Å². The van der Waals surface area contributed by atoms with E-state index < -0.39 is 5.97 Å². The van der Waals surface area contributed by atoms with E-state index in [2.05, 4.69) is 0 Å². The highest BCUT2D eigenvalue weighted by atomic mass is 32.2. The first kappa shape index (κ1) is 21.9. The molecule has 1 amide bonds. The number of benzene rings is 2. The minimum atomic E-state index is -0.400. The fourth-order valence-electron chi connectivity index (χ4n) is 2.95. The monoisotopic (exact) mass is 443 g/mol. The van der Waals surface area contributed by atoms with Gasteiger partial charge in [0.1, 0.15) is 4.32 Å². The first-order valence-corrected chi connectivity index (χ1v) is 10.3. The van der Waals surface area contributed by atoms with Crippen LogP contribution in [0.1, 0.15) is 21.5 Å². The molecule has 0 unspecified atom stereocenters. The van der Waals surface area contributed by atoms with Crippen LogP contribution in [-0.2, 0) is 16.0 Å². The van der Waals surface area contributed by atoms with Crippen LogP contribution in [0, 0.1) is 0 Å². The summed E-state index contributed by atoms with van der Waals surface area (Å²) in [5, 5.41) is 0. The molecule has 0 spiro atoms. The summed E-state index contributed by atoms with van der Waals surface area (Å²) >= 11 is 6.68. The van der Waals surface area contributed by atoms with E-state index in [-0.39, 0.29) is 5.91 Å². The highest BCUT2D eigenvalue weighted by Crippen LogP contribution is 2.33. The molecule has 1 fully saturated rings. The number of ether oxygens (including phenoxy) is 3. The topological polar surface area (TPSA) is 65.1 Å². The molecule has 3 rings (SSSR count). The Balaban J connectivity index is 1.69. The van der Waals surface area contributed by atoms with Crippen molar-refractivity contribution in [3.05, 3.63) is 64.1 Å². The molecule has 2 aromatic carbocycles. The molecule has 0 N–H and O–H groups in total. The van der Waals surface area contributed by atoms with Gasteiger partial charge < -0.3 is 14.2 Å². The Hall–Kier alpha value is -2.84. The van der Waals surface area contributed by atoms with E-state index >= 15 is 0 Å². The van der Waals surface area contributed by atoms with Gasteiger partial charge in [0.2, 0.25) is 0 Å². The number of thioether (sulfide) groups is 1. The number of hydrogen-bond donors (Lipinski definition) is 0. The van der Waals surface area contributed by atoms with E-state index in [0.29, 0.717) is 39.3 Å². The number of hydrogen-bond acceptors (Lipinski definition) is 7. The van der Waals surface area contributed by atoms with Gasteiger partial charge in [-0.3, -0.25) is 9.69 Å². The Morgan fingerprint density at radius 1 is 1.07 bits per heavy atom. The molecule has 0 aliphatic carbocycles. The Labute approximate surface area is 184 Å². The zero-order valence-corrected chi connectivity index (χ0v) is 18.5. The van der Waals surface area contributed by atoms with Gasteiger partial charge in [0.15, 0.2) is 11.5 Å². The van der Waals surface area contributed by atoms with Gasteiger partial charge in [0.25, 0.3) is 5.91 Å². The third-order valence-corrected chi connectivity index (χ3v) is 5.95. The van der Waals surface area contributed by atoms with Gasteiger partial charge in [0.05, 0.1) is 31.8 Å². The van der Waals surface area contributed by atoms with Crippen LogP contribution in [0.25, 0.3) is 6.08 Å². The molecule has 1 aliphatic heterocycles. The summed E-state index contributed by atoms with van der Waals surface area (Å²) in [6.45, 7) is 0.471. The molecule has 6 nitrogen and oxygen atoms in total. The van der Waals surface area contributed by atoms with Gasteiger partial charge in [-0.25, -0.2) is 4.79 Å². The number of nitrogens with zero attached hydrogens (tertiary/aromatic N) is 1. The number of amides is 1. The maximum Gasteiger partial charge on any atom is 0.337 e. The smallest absolute Gasteiger partial charge is 0.337 e. The van der Waals surface area contributed by atoms with E-state index in [1.54, 1.807) is 49.5 Å². The lowest BCUT2D eigenvalue weighted by molar-refractivity contribution is -0.122. The zero-order valence-electron chi connectivity index (χ0n) is 16.8. The molecule has 1 saturated heterocycles. The quantitative estimate of drug-likeness (QED) is 0.365. The molecule has 0 bridgehead atoms. The minimum absolute atomic E-state index is 0.123. The van der Waals surface area contributed by atoms with Crippen molar-refractivity contribution in [2.75, 3.05) is 27.9 Å². The van der Waals surface area contributed by atoms with Crippen molar-refractivity contribution in [1.29, 1.82) is 0 Å². The number of esters is 1. The molecular formula is C22H21NO5S2. The van der Waals surface area contributed by atoms with Crippen molar-refractivity contribution < 1.29 is 23.8 Å². The van der Waals surface area contributed by atoms with Crippen LogP contribution in [0.2, 0.25) is 0 Å². The lowest BCUT2D eigenvalue weighted by atomic mass is 10.1. The number of carbonyl (C=O) groups is 2. The van der Waals surface area contributed by atoms with Crippen molar-refractivity contribution >= 4 is 46.3 Å². The molecule has 2 aromatic rings. The second-order valence-corrected chi connectivity index (χ2v) is 8.06. The number of rotatable bonds is 7. The first-order chi connectivity index (χ1) is 14.5. The highest BCUT2D eigenvalue weighted by molar-refractivity contribution is 8.26. The Bertz CT molecular complexity index is 1000. The summed E-state index contributed by atoms with van der Waals surface area (Å²) in [6, 6.07) is 12.5. The second kappa shape index (κ2) is 9.77. The van der Waals surface area contributed by atoms with Gasteiger partial charge in [-0.15, -0.1) is 0 Å². The normalized spacial score (nSPS) is 14.9. The minimum Gasteiger partial charge on any atom is -0.493 e. The fraction of sp³-hybridized carbons (Fsp3) is 0.227. The number of carbonyl (C=O) groups excluding carboxylic acids is 2. The third kappa shape index (κ3) is 4.83. The summed E-state index contributed by atoms with van der Waals surface area (Å²) in [7, 11) is 4.52. The maximum absolute atomic E-state index is 12.8. The Morgan fingerprint density at radius 3 is 2.40 bits per heavy atom. The summed E-state index contributed by atoms with van der Waals surface area (Å²) in [5.74, 6) is 0.786. The van der Waals surface area contributed by atoms with Gasteiger partial charge in [0, 0.05) is 6.54 Å². The second-order valence-electron chi connectivity index (χ2n) is 6.39. The fourth-order valence-corrected chi connectivity index (χ4v) is 4.26. The van der Waals surface area contributed by atoms with E-state index in [4.69, 9.17) is 26.4 Å². The van der Waals surface area contributed by atoms with Gasteiger partial charge >= 0.3 is 5.97 Å². The average Bonchev–Trinajstić information content (AvgIpc) is 3.04. The number of methoxy groups -OCH3 is 3. The van der Waals surface area contributed by atoms with E-state index in [9.17, 15) is 9.59 Å². The SMILES string of the molecule is COC(=O)c1ccc(C=C2SC(=S)N(CCc3ccc(OC)c(OC)c3)C2=O)cc1. The summed E-state index contributed by atoms with van der Waals surface area (Å²) in [5.41, 5.74) is 2.28. The van der Waals surface area contributed by atoms with Crippen LogP contribution in [0.15, 0.2) is 47.4 Å². The third-order valence-electron chi connectivity index (χ3n) is 4.58. The predicted octanol–water partition coefficient (Wildman–Crippen LogP) is 3.93. The van der Waals surface area contributed by atoms with Gasteiger partial charge in [-0.2, -0.15) is 0 Å². The van der Waals surface area contributed by atoms with Crippen LogP contribution in [0.4, 0.5) is 0 Å². The van der Waals surface area contributed by atoms with Crippen molar-refractivity contribution in [3.63, 3.8) is 0 Å². The lowest BCUT2D eigenvalue weighted by Crippen LogP contribution is -2.30. The summed E-state index contributed by atoms with van der Waals surface area (Å²) in [4.78, 5) is 26.5. The van der Waals surface area contributed by atoms with E-state index in [0.717, 1.165) is 11.1 Å². The molecule has 1 heterocycles. The molecule has 0 saturated carbocycles. The van der Waals surface area contributed by atoms with Gasteiger partial charge in [-0.05, 0) is 47.9 Å². The largest absolute Gasteiger partial charge is 0.493 e. The Kier molecular flexibility index (Phi) is 7.12. The van der Waals surface area contributed by atoms with E-state index in [1.807, 2.05) is 18.2 Å². The summed E-state index contributed by atoms with van der Waals surface area (Å²) in [6.07, 6.45) is 2.41. The predicted molar refractivity (Wildman–Crippen MR) is 121 cm³/mol. The summed E-state index contributed by atoms with van der Waals surface area (Å²) < 4.78 is 15.8. The van der Waals surface area contributed by atoms with Crippen molar-refractivity contribution in [2.24, 2.45) is 0 Å². The zero-order chi connectivity index (χ0) is 21.7. The molecule has 0 radical (unpaired) electrons. The number of thiocarbonyl (C=S) groups is 1. The lowest BCUT2D eigenvalue weighted by Gasteiger charge is -2.15. The van der Waals surface area contributed by atoms with Crippen LogP contribution < -0.4 is 9.47 Å². The molecule has 1 aliphatic rings. The molecular weight excluding hydrogens is 422 g/mol. The van der Waals surface area contributed by atoms with Crippen molar-refractivity contribution in [1.82, 2.24) is 4.90 Å². The molecule has 30 heavy (non-hydrogen) atoms. The van der Waals surface area contributed by atoms with Crippen LogP contribution in [-0.4, -0.2) is 49.0 Å². The molecule has 0 aromatic heterocycles. The molecule has 156 valence electrons. The van der Waals surface area contributed by atoms with Crippen molar-refractivity contribution in [3.8, 4) is 11.5 Å². The first-order valence-electron chi connectivity index (χ1n) is 9.11. The van der Waals surface area contributed by atoms with Crippen molar-refractivity contribution in [2.45, 2.75) is 6.42 Å². The standard InChI is InChI=1S/C22H21NO5S2/c1-26-17-9-6-15(12-18(17)27-2)10-11-23-20(24)19(30-22(23)29)13-14-4-7-16(8-5-14)21(25)28-3/h4-9,12-13H,10-11H2,1-3H3. The highest BCUT2D eigenvalue weighted by Gasteiger charge is 2.31. The van der Waals surface area contributed by atoms with Crippen LogP contribution in [0.5, 0.6) is 11.5 Å². The van der Waals surface area contributed by atoms with Crippen LogP contribution >= 0.6 is 24.0 Å². The molecule has 0 atom stereocenters. The average molecular weight is 444 g/mol. The molecule has 8 heteroatoms. The Morgan fingerprint density at radius 2 is 1.77 bits per heavy atom. The van der Waals surface area contributed by atoms with Gasteiger partial charge in [-0.1, -0.05) is 42.2 Å². The van der Waals surface area contributed by atoms with E-state index in [1.165, 1.54) is 18.9 Å².